The first-order valence-electron chi connectivity index (χ1n) is 6.45. The van der Waals surface area contributed by atoms with E-state index < -0.39 is 0 Å². The average molecular weight is 278 g/mol. The third kappa shape index (κ3) is 3.71. The number of anilines is 1. The molecule has 0 fully saturated rings. The zero-order valence-corrected chi connectivity index (χ0v) is 11.6. The third-order valence-corrected chi connectivity index (χ3v) is 3.44. The predicted octanol–water partition coefficient (Wildman–Crippen LogP) is 4.91. The van der Waals surface area contributed by atoms with E-state index in [2.05, 4.69) is 24.4 Å². The van der Waals surface area contributed by atoms with E-state index in [1.54, 1.807) is 12.1 Å². The van der Waals surface area contributed by atoms with Crippen LogP contribution in [0.25, 0.3) is 0 Å². The average Bonchev–Trinajstić information content (AvgIpc) is 2.43. The molecule has 3 heteroatoms. The molecule has 0 bridgehead atoms. The van der Waals surface area contributed by atoms with Crippen LogP contribution in [0.2, 0.25) is 5.02 Å². The molecule has 0 aliphatic rings. The molecule has 0 heterocycles. The van der Waals surface area contributed by atoms with E-state index >= 15 is 0 Å². The molecule has 19 heavy (non-hydrogen) atoms. The Hall–Kier alpha value is -1.54. The molecule has 0 aromatic heterocycles. The van der Waals surface area contributed by atoms with Gasteiger partial charge in [-0.05, 0) is 30.5 Å². The topological polar surface area (TPSA) is 12.0 Å². The van der Waals surface area contributed by atoms with Crippen LogP contribution < -0.4 is 5.32 Å². The van der Waals surface area contributed by atoms with Crippen LogP contribution in [0.1, 0.15) is 18.9 Å². The van der Waals surface area contributed by atoms with Crippen molar-refractivity contribution < 1.29 is 4.39 Å². The molecule has 0 saturated carbocycles. The summed E-state index contributed by atoms with van der Waals surface area (Å²) < 4.78 is 13.7. The summed E-state index contributed by atoms with van der Waals surface area (Å²) in [5.41, 5.74) is 1.63. The van der Waals surface area contributed by atoms with E-state index in [1.807, 2.05) is 18.2 Å². The molecule has 1 nitrogen and oxygen atoms in total. The first kappa shape index (κ1) is 13.9. The Morgan fingerprint density at radius 1 is 1.11 bits per heavy atom. The van der Waals surface area contributed by atoms with Crippen LogP contribution in [-0.4, -0.2) is 6.04 Å². The van der Waals surface area contributed by atoms with Crippen molar-refractivity contribution in [2.45, 2.75) is 25.8 Å². The van der Waals surface area contributed by atoms with Gasteiger partial charge in [-0.3, -0.25) is 0 Å². The van der Waals surface area contributed by atoms with Crippen LogP contribution in [0, 0.1) is 5.82 Å². The van der Waals surface area contributed by atoms with Crippen LogP contribution in [-0.2, 0) is 6.42 Å². The van der Waals surface area contributed by atoms with Gasteiger partial charge >= 0.3 is 0 Å². The zero-order chi connectivity index (χ0) is 13.7. The molecule has 1 atom stereocenters. The van der Waals surface area contributed by atoms with Crippen LogP contribution >= 0.6 is 11.6 Å². The summed E-state index contributed by atoms with van der Waals surface area (Å²) in [7, 11) is 0. The van der Waals surface area contributed by atoms with Crippen molar-refractivity contribution >= 4 is 17.3 Å². The number of rotatable bonds is 5. The molecule has 0 aliphatic heterocycles. The maximum absolute atomic E-state index is 13.7. The SMILES string of the molecule is CCC(Cc1ccccc1)Nc1c(F)cccc1Cl. The molecular weight excluding hydrogens is 261 g/mol. The normalized spacial score (nSPS) is 12.2. The van der Waals surface area contributed by atoms with E-state index in [4.69, 9.17) is 11.6 Å². The summed E-state index contributed by atoms with van der Waals surface area (Å²) >= 11 is 6.03. The van der Waals surface area contributed by atoms with Crippen molar-refractivity contribution in [1.82, 2.24) is 0 Å². The fraction of sp³-hybridized carbons (Fsp3) is 0.250. The minimum Gasteiger partial charge on any atom is -0.378 e. The van der Waals surface area contributed by atoms with Gasteiger partial charge in [0.1, 0.15) is 5.82 Å². The smallest absolute Gasteiger partial charge is 0.147 e. The van der Waals surface area contributed by atoms with Gasteiger partial charge in [-0.25, -0.2) is 4.39 Å². The van der Waals surface area contributed by atoms with Gasteiger partial charge in [0, 0.05) is 6.04 Å². The maximum Gasteiger partial charge on any atom is 0.147 e. The van der Waals surface area contributed by atoms with E-state index in [0.29, 0.717) is 10.7 Å². The van der Waals surface area contributed by atoms with Gasteiger partial charge in [-0.2, -0.15) is 0 Å². The summed E-state index contributed by atoms with van der Waals surface area (Å²) in [4.78, 5) is 0. The van der Waals surface area contributed by atoms with Crippen molar-refractivity contribution in [3.63, 3.8) is 0 Å². The molecule has 0 radical (unpaired) electrons. The number of benzene rings is 2. The number of para-hydroxylation sites is 1. The molecular formula is C16H17ClFN. The van der Waals surface area contributed by atoms with E-state index in [1.165, 1.54) is 11.6 Å². The summed E-state index contributed by atoms with van der Waals surface area (Å²) in [6.45, 7) is 2.08. The van der Waals surface area contributed by atoms with Gasteiger partial charge in [0.25, 0.3) is 0 Å². The Morgan fingerprint density at radius 3 is 2.47 bits per heavy atom. The molecule has 0 aliphatic carbocycles. The molecule has 2 aromatic rings. The third-order valence-electron chi connectivity index (χ3n) is 3.13. The fourth-order valence-corrected chi connectivity index (χ4v) is 2.25. The van der Waals surface area contributed by atoms with Gasteiger partial charge in [-0.15, -0.1) is 0 Å². The lowest BCUT2D eigenvalue weighted by molar-refractivity contribution is 0.619. The van der Waals surface area contributed by atoms with Gasteiger partial charge in [0.15, 0.2) is 0 Å². The second-order valence-electron chi connectivity index (χ2n) is 4.54. The fourth-order valence-electron chi connectivity index (χ4n) is 2.04. The Balaban J connectivity index is 2.11. The van der Waals surface area contributed by atoms with Crippen LogP contribution in [0.4, 0.5) is 10.1 Å². The predicted molar refractivity (Wildman–Crippen MR) is 79.3 cm³/mol. The lowest BCUT2D eigenvalue weighted by Crippen LogP contribution is -2.22. The second kappa shape index (κ2) is 6.58. The van der Waals surface area contributed by atoms with Gasteiger partial charge in [0.2, 0.25) is 0 Å². The lowest BCUT2D eigenvalue weighted by atomic mass is 10.0. The van der Waals surface area contributed by atoms with Crippen LogP contribution in [0.15, 0.2) is 48.5 Å². The molecule has 2 rings (SSSR count). The molecule has 0 saturated heterocycles. The van der Waals surface area contributed by atoms with Crippen molar-refractivity contribution in [2.24, 2.45) is 0 Å². The molecule has 0 amide bonds. The van der Waals surface area contributed by atoms with Crippen LogP contribution in [0.5, 0.6) is 0 Å². The summed E-state index contributed by atoms with van der Waals surface area (Å²) in [6, 6.07) is 15.1. The van der Waals surface area contributed by atoms with Gasteiger partial charge in [-0.1, -0.05) is 54.9 Å². The highest BCUT2D eigenvalue weighted by Crippen LogP contribution is 2.26. The standard InChI is InChI=1S/C16H17ClFN/c1-2-13(11-12-7-4-3-5-8-12)19-16-14(17)9-6-10-15(16)18/h3-10,13,19H,2,11H2,1H3. The molecule has 0 spiro atoms. The highest BCUT2D eigenvalue weighted by Gasteiger charge is 2.12. The zero-order valence-electron chi connectivity index (χ0n) is 10.9. The monoisotopic (exact) mass is 277 g/mol. The summed E-state index contributed by atoms with van der Waals surface area (Å²) in [5, 5.41) is 3.63. The number of halogens is 2. The second-order valence-corrected chi connectivity index (χ2v) is 4.94. The maximum atomic E-state index is 13.7. The van der Waals surface area contributed by atoms with Gasteiger partial charge in [0.05, 0.1) is 10.7 Å². The largest absolute Gasteiger partial charge is 0.378 e. The molecule has 100 valence electrons. The van der Waals surface area contributed by atoms with Crippen molar-refractivity contribution in [3.8, 4) is 0 Å². The molecule has 1 unspecified atom stereocenters. The quantitative estimate of drug-likeness (QED) is 0.818. The highest BCUT2D eigenvalue weighted by molar-refractivity contribution is 6.33. The first-order valence-corrected chi connectivity index (χ1v) is 6.83. The van der Waals surface area contributed by atoms with Crippen LogP contribution in [0.3, 0.4) is 0 Å². The highest BCUT2D eigenvalue weighted by atomic mass is 35.5. The number of nitrogens with one attached hydrogen (secondary N) is 1. The van der Waals surface area contributed by atoms with Crippen molar-refractivity contribution in [2.75, 3.05) is 5.32 Å². The minimum absolute atomic E-state index is 0.164. The Kier molecular flexibility index (Phi) is 4.80. The van der Waals surface area contributed by atoms with E-state index in [0.717, 1.165) is 12.8 Å². The molecule has 2 aromatic carbocycles. The van der Waals surface area contributed by atoms with Gasteiger partial charge < -0.3 is 5.32 Å². The lowest BCUT2D eigenvalue weighted by Gasteiger charge is -2.19. The summed E-state index contributed by atoms with van der Waals surface area (Å²) in [6.07, 6.45) is 1.75. The Labute approximate surface area is 118 Å². The number of hydrogen-bond donors (Lipinski definition) is 1. The minimum atomic E-state index is -0.306. The van der Waals surface area contributed by atoms with E-state index in [-0.39, 0.29) is 11.9 Å². The Morgan fingerprint density at radius 2 is 1.84 bits per heavy atom. The Bertz CT molecular complexity index is 507. The van der Waals surface area contributed by atoms with Crippen molar-refractivity contribution in [1.29, 1.82) is 0 Å². The first-order chi connectivity index (χ1) is 9.20. The summed E-state index contributed by atoms with van der Waals surface area (Å²) in [5.74, 6) is -0.306. The van der Waals surface area contributed by atoms with Crippen molar-refractivity contribution in [3.05, 3.63) is 64.9 Å². The molecule has 1 N–H and O–H groups in total. The number of hydrogen-bond acceptors (Lipinski definition) is 1. The van der Waals surface area contributed by atoms with E-state index in [9.17, 15) is 4.39 Å².